The van der Waals surface area contributed by atoms with Gasteiger partial charge in [0.15, 0.2) is 5.96 Å². The van der Waals surface area contributed by atoms with Gasteiger partial charge in [-0.05, 0) is 58.5 Å². The molecule has 1 unspecified atom stereocenters. The molecular formula is C20H32F3IN4O. The van der Waals surface area contributed by atoms with E-state index in [0.29, 0.717) is 37.8 Å². The van der Waals surface area contributed by atoms with Crippen molar-refractivity contribution in [1.29, 1.82) is 0 Å². The van der Waals surface area contributed by atoms with Gasteiger partial charge in [-0.3, -0.25) is 4.99 Å². The van der Waals surface area contributed by atoms with Crippen molar-refractivity contribution in [3.05, 3.63) is 35.4 Å². The Morgan fingerprint density at radius 3 is 2.48 bits per heavy atom. The Morgan fingerprint density at radius 1 is 1.28 bits per heavy atom. The van der Waals surface area contributed by atoms with Crippen molar-refractivity contribution < 1.29 is 17.9 Å². The van der Waals surface area contributed by atoms with Crippen LogP contribution in [0.5, 0.6) is 0 Å². The lowest BCUT2D eigenvalue weighted by Gasteiger charge is -2.41. The number of benzene rings is 1. The molecule has 1 heterocycles. The van der Waals surface area contributed by atoms with Crippen LogP contribution in [0.3, 0.4) is 0 Å². The maximum Gasteiger partial charge on any atom is 0.416 e. The fourth-order valence-corrected chi connectivity index (χ4v) is 3.32. The first-order valence-electron chi connectivity index (χ1n) is 9.65. The Labute approximate surface area is 188 Å². The summed E-state index contributed by atoms with van der Waals surface area (Å²) in [5, 5.41) is 6.42. The fourth-order valence-electron chi connectivity index (χ4n) is 3.32. The number of alkyl halides is 3. The van der Waals surface area contributed by atoms with Crippen LogP contribution in [-0.2, 0) is 10.9 Å². The van der Waals surface area contributed by atoms with Crippen LogP contribution in [0.25, 0.3) is 0 Å². The first kappa shape index (κ1) is 26.0. The molecule has 1 saturated heterocycles. The molecule has 1 aromatic carbocycles. The van der Waals surface area contributed by atoms with E-state index in [0.717, 1.165) is 18.9 Å². The van der Waals surface area contributed by atoms with E-state index in [2.05, 4.69) is 15.5 Å². The van der Waals surface area contributed by atoms with Gasteiger partial charge in [-0.25, -0.2) is 0 Å². The largest absolute Gasteiger partial charge is 0.416 e. The molecule has 0 spiro atoms. The molecule has 0 amide bonds. The minimum atomic E-state index is -4.35. The lowest BCUT2D eigenvalue weighted by molar-refractivity contribution is -0.137. The summed E-state index contributed by atoms with van der Waals surface area (Å²) in [5.74, 6) is 0.597. The molecule has 0 aromatic heterocycles. The van der Waals surface area contributed by atoms with E-state index in [4.69, 9.17) is 9.73 Å². The molecule has 2 rings (SSSR count). The monoisotopic (exact) mass is 528 g/mol. The Hall–Kier alpha value is -1.07. The number of nitrogens with zero attached hydrogens (tertiary/aromatic N) is 2. The van der Waals surface area contributed by atoms with Gasteiger partial charge in [0.2, 0.25) is 0 Å². The average Bonchev–Trinajstić information content (AvgIpc) is 2.66. The third kappa shape index (κ3) is 7.29. The highest BCUT2D eigenvalue weighted by atomic mass is 127. The number of nitrogens with one attached hydrogen (secondary N) is 2. The van der Waals surface area contributed by atoms with Crippen molar-refractivity contribution in [1.82, 2.24) is 15.5 Å². The second-order valence-electron chi connectivity index (χ2n) is 7.42. The molecule has 1 aliphatic rings. The van der Waals surface area contributed by atoms with E-state index in [1.54, 1.807) is 6.07 Å². The molecule has 1 aromatic rings. The lowest BCUT2D eigenvalue weighted by Crippen LogP contribution is -2.51. The number of rotatable bonds is 6. The maximum absolute atomic E-state index is 13.0. The van der Waals surface area contributed by atoms with E-state index in [1.807, 2.05) is 27.9 Å². The first-order chi connectivity index (χ1) is 13.2. The van der Waals surface area contributed by atoms with E-state index in [1.165, 1.54) is 12.1 Å². The lowest BCUT2D eigenvalue weighted by atomic mass is 9.89. The Morgan fingerprint density at radius 2 is 1.93 bits per heavy atom. The van der Waals surface area contributed by atoms with E-state index in [9.17, 15) is 13.2 Å². The predicted molar refractivity (Wildman–Crippen MR) is 121 cm³/mol. The molecule has 166 valence electrons. The van der Waals surface area contributed by atoms with Crippen molar-refractivity contribution in [3.8, 4) is 0 Å². The molecule has 0 bridgehead atoms. The Balaban J connectivity index is 0.00000420. The second-order valence-corrected chi connectivity index (χ2v) is 7.42. The van der Waals surface area contributed by atoms with Crippen LogP contribution in [0.4, 0.5) is 13.2 Å². The van der Waals surface area contributed by atoms with Gasteiger partial charge in [-0.1, -0.05) is 12.1 Å². The number of aliphatic imine (C=N–C) groups is 1. The summed E-state index contributed by atoms with van der Waals surface area (Å²) in [6.45, 7) is 6.46. The number of likely N-dealkylation sites (N-methyl/N-ethyl adjacent to an activating group) is 1. The smallest absolute Gasteiger partial charge is 0.381 e. The number of guanidine groups is 1. The van der Waals surface area contributed by atoms with Crippen LogP contribution in [0, 0.1) is 0 Å². The zero-order valence-corrected chi connectivity index (χ0v) is 19.8. The molecule has 0 aliphatic carbocycles. The summed E-state index contributed by atoms with van der Waals surface area (Å²) in [6, 6.07) is 5.08. The second kappa shape index (κ2) is 11.4. The van der Waals surface area contributed by atoms with Gasteiger partial charge in [-0.15, -0.1) is 24.0 Å². The van der Waals surface area contributed by atoms with E-state index in [-0.39, 0.29) is 35.6 Å². The third-order valence-electron chi connectivity index (χ3n) is 5.32. The van der Waals surface area contributed by atoms with Gasteiger partial charge in [0, 0.05) is 25.3 Å². The molecule has 2 N–H and O–H groups in total. The van der Waals surface area contributed by atoms with Gasteiger partial charge in [0.25, 0.3) is 0 Å². The topological polar surface area (TPSA) is 48.9 Å². The molecule has 0 radical (unpaired) electrons. The minimum Gasteiger partial charge on any atom is -0.381 e. The molecule has 5 nitrogen and oxygen atoms in total. The number of hydrogen-bond acceptors (Lipinski definition) is 3. The van der Waals surface area contributed by atoms with Gasteiger partial charge in [-0.2, -0.15) is 13.2 Å². The van der Waals surface area contributed by atoms with Crippen LogP contribution in [0.1, 0.15) is 43.9 Å². The van der Waals surface area contributed by atoms with Gasteiger partial charge in [0.1, 0.15) is 0 Å². The quantitative estimate of drug-likeness (QED) is 0.333. The summed E-state index contributed by atoms with van der Waals surface area (Å²) in [4.78, 5) is 6.94. The number of halogens is 4. The summed E-state index contributed by atoms with van der Waals surface area (Å²) >= 11 is 0. The zero-order chi connectivity index (χ0) is 20.8. The highest BCUT2D eigenvalue weighted by Crippen LogP contribution is 2.31. The average molecular weight is 528 g/mol. The molecule has 29 heavy (non-hydrogen) atoms. The molecule has 1 aliphatic heterocycles. The summed E-state index contributed by atoms with van der Waals surface area (Å²) in [5.41, 5.74) is -0.150. The molecule has 1 atom stereocenters. The summed E-state index contributed by atoms with van der Waals surface area (Å²) in [6.07, 6.45) is -2.56. The summed E-state index contributed by atoms with van der Waals surface area (Å²) in [7, 11) is 4.10. The van der Waals surface area contributed by atoms with Crippen molar-refractivity contribution in [2.45, 2.75) is 44.4 Å². The predicted octanol–water partition coefficient (Wildman–Crippen LogP) is 4.05. The minimum absolute atomic E-state index is 0. The van der Waals surface area contributed by atoms with Crippen LogP contribution in [0.15, 0.2) is 29.3 Å². The zero-order valence-electron chi connectivity index (χ0n) is 17.5. The molecule has 9 heteroatoms. The molecule has 0 saturated carbocycles. The highest BCUT2D eigenvalue weighted by molar-refractivity contribution is 14.0. The van der Waals surface area contributed by atoms with E-state index >= 15 is 0 Å². The summed E-state index contributed by atoms with van der Waals surface area (Å²) < 4.78 is 44.5. The van der Waals surface area contributed by atoms with Crippen molar-refractivity contribution >= 4 is 29.9 Å². The normalized spacial score (nSPS) is 18.1. The highest BCUT2D eigenvalue weighted by Gasteiger charge is 2.35. The Bertz CT molecular complexity index is 661. The van der Waals surface area contributed by atoms with E-state index < -0.39 is 11.7 Å². The van der Waals surface area contributed by atoms with Crippen molar-refractivity contribution in [2.24, 2.45) is 4.99 Å². The van der Waals surface area contributed by atoms with Crippen LogP contribution < -0.4 is 10.6 Å². The number of hydrogen-bond donors (Lipinski definition) is 2. The SMILES string of the molecule is CCNC(=NCC1(N(C)C)CCOCC1)NC(C)c1cccc(C(F)(F)F)c1.I. The van der Waals surface area contributed by atoms with Crippen molar-refractivity contribution in [2.75, 3.05) is 40.4 Å². The Kier molecular flexibility index (Phi) is 10.2. The van der Waals surface area contributed by atoms with Crippen LogP contribution in [-0.4, -0.2) is 56.8 Å². The molecular weight excluding hydrogens is 496 g/mol. The van der Waals surface area contributed by atoms with Crippen LogP contribution >= 0.6 is 24.0 Å². The van der Waals surface area contributed by atoms with Crippen LogP contribution in [0.2, 0.25) is 0 Å². The first-order valence-corrected chi connectivity index (χ1v) is 9.65. The van der Waals surface area contributed by atoms with Crippen molar-refractivity contribution in [3.63, 3.8) is 0 Å². The third-order valence-corrected chi connectivity index (χ3v) is 5.32. The maximum atomic E-state index is 13.0. The standard InChI is InChI=1S/C20H31F3N4O.HI/c1-5-24-18(25-14-19(27(3)4)9-11-28-12-10-19)26-15(2)16-7-6-8-17(13-16)20(21,22)23;/h6-8,13,15H,5,9-12,14H2,1-4H3,(H2,24,25,26);1H. The fraction of sp³-hybridized carbons (Fsp3) is 0.650. The van der Waals surface area contributed by atoms with Gasteiger partial charge >= 0.3 is 6.18 Å². The number of ether oxygens (including phenoxy) is 1. The van der Waals surface area contributed by atoms with Gasteiger partial charge in [0.05, 0.1) is 18.2 Å². The molecule has 1 fully saturated rings. The van der Waals surface area contributed by atoms with Gasteiger partial charge < -0.3 is 20.3 Å².